The topological polar surface area (TPSA) is 33.6 Å². The van der Waals surface area contributed by atoms with Crippen LogP contribution in [0.5, 0.6) is 0 Å². The Balaban J connectivity index is 1.35. The molecule has 42 heavy (non-hydrogen) atoms. The zero-order chi connectivity index (χ0) is 27.9. The van der Waals surface area contributed by atoms with Crippen LogP contribution < -0.4 is 0 Å². The van der Waals surface area contributed by atoms with E-state index in [1.807, 2.05) is 23.5 Å². The molecular formula is C38H23N3S. The second-order valence-corrected chi connectivity index (χ2v) is 12.1. The second kappa shape index (κ2) is 8.57. The third kappa shape index (κ3) is 3.14. The third-order valence-corrected chi connectivity index (χ3v) is 9.75. The second-order valence-electron chi connectivity index (χ2n) is 11.0. The van der Waals surface area contributed by atoms with Crippen LogP contribution in [-0.2, 0) is 0 Å². The standard InChI is InChI=1S/C38H23N3S/c1-23-13-17-36-31(19-23)32-21-25(15-18-37(32)42-36)40-33-11-4-3-9-28(33)30-20-26(14-16-35(30)40)41-34-12-5-2-8-27(34)29-10-6-7-24(22-39)38(29)41/h2-21H,1H3. The van der Waals surface area contributed by atoms with E-state index >= 15 is 0 Å². The number of aryl methyl sites for hydroxylation is 1. The predicted octanol–water partition coefficient (Wildman–Crippen LogP) is 10.4. The average Bonchev–Trinajstić information content (AvgIpc) is 3.68. The number of nitrogens with zero attached hydrogens (tertiary/aromatic N) is 3. The molecule has 0 saturated carbocycles. The predicted molar refractivity (Wildman–Crippen MR) is 177 cm³/mol. The van der Waals surface area contributed by atoms with E-state index in [0.29, 0.717) is 5.56 Å². The SMILES string of the molecule is Cc1ccc2sc3ccc(-n4c5ccccc5c5cc(-n6c7ccccc7c7cccc(C#N)c76)ccc54)cc3c2c1. The van der Waals surface area contributed by atoms with Gasteiger partial charge in [0.2, 0.25) is 0 Å². The summed E-state index contributed by atoms with van der Waals surface area (Å²) in [6, 6.07) is 45.8. The minimum atomic E-state index is 0.678. The van der Waals surface area contributed by atoms with Gasteiger partial charge in [0.1, 0.15) is 6.07 Å². The van der Waals surface area contributed by atoms with Crippen molar-refractivity contribution < 1.29 is 0 Å². The third-order valence-electron chi connectivity index (χ3n) is 8.60. The minimum Gasteiger partial charge on any atom is -0.309 e. The Morgan fingerprint density at radius 2 is 1.12 bits per heavy atom. The van der Waals surface area contributed by atoms with E-state index in [4.69, 9.17) is 0 Å². The van der Waals surface area contributed by atoms with Crippen molar-refractivity contribution in [1.82, 2.24) is 9.13 Å². The maximum absolute atomic E-state index is 10.0. The molecule has 0 aliphatic rings. The van der Waals surface area contributed by atoms with Crippen LogP contribution >= 0.6 is 11.3 Å². The normalized spacial score (nSPS) is 11.9. The van der Waals surface area contributed by atoms with E-state index in [1.165, 1.54) is 42.0 Å². The van der Waals surface area contributed by atoms with Crippen LogP contribution in [0.3, 0.4) is 0 Å². The maximum atomic E-state index is 10.0. The van der Waals surface area contributed by atoms with Gasteiger partial charge in [-0.1, -0.05) is 60.2 Å². The van der Waals surface area contributed by atoms with Crippen LogP contribution in [0.25, 0.3) is 75.2 Å². The van der Waals surface area contributed by atoms with Gasteiger partial charge >= 0.3 is 0 Å². The first-order chi connectivity index (χ1) is 20.7. The smallest absolute Gasteiger partial charge is 0.101 e. The number of rotatable bonds is 2. The fourth-order valence-corrected chi connectivity index (χ4v) is 7.84. The molecule has 0 saturated heterocycles. The zero-order valence-electron chi connectivity index (χ0n) is 22.8. The Hall–Kier alpha value is -5.37. The molecule has 0 aliphatic heterocycles. The summed E-state index contributed by atoms with van der Waals surface area (Å²) in [5.41, 5.74) is 8.56. The summed E-state index contributed by atoms with van der Waals surface area (Å²) in [7, 11) is 0. The zero-order valence-corrected chi connectivity index (χ0v) is 23.6. The van der Waals surface area contributed by atoms with Crippen molar-refractivity contribution in [2.75, 3.05) is 0 Å². The van der Waals surface area contributed by atoms with Crippen molar-refractivity contribution in [2.45, 2.75) is 6.92 Å². The summed E-state index contributed by atoms with van der Waals surface area (Å²) in [6.45, 7) is 2.16. The number of para-hydroxylation sites is 3. The van der Waals surface area contributed by atoms with Crippen LogP contribution in [0.1, 0.15) is 11.1 Å². The number of nitriles is 1. The monoisotopic (exact) mass is 553 g/mol. The molecule has 0 fully saturated rings. The summed E-state index contributed by atoms with van der Waals surface area (Å²) >= 11 is 1.85. The molecule has 9 rings (SSSR count). The van der Waals surface area contributed by atoms with Gasteiger partial charge in [-0.25, -0.2) is 0 Å². The Labute approximate surface area is 245 Å². The molecule has 0 bridgehead atoms. The van der Waals surface area contributed by atoms with Crippen LogP contribution in [0.2, 0.25) is 0 Å². The van der Waals surface area contributed by atoms with E-state index < -0.39 is 0 Å². The van der Waals surface area contributed by atoms with Crippen LogP contribution in [0.15, 0.2) is 121 Å². The van der Waals surface area contributed by atoms with Crippen molar-refractivity contribution in [2.24, 2.45) is 0 Å². The molecule has 0 spiro atoms. The lowest BCUT2D eigenvalue weighted by molar-refractivity contribution is 1.17. The molecule has 0 N–H and O–H groups in total. The molecule has 196 valence electrons. The molecule has 0 unspecified atom stereocenters. The Morgan fingerprint density at radius 3 is 1.93 bits per heavy atom. The van der Waals surface area contributed by atoms with E-state index in [9.17, 15) is 5.26 Å². The van der Waals surface area contributed by atoms with Crippen LogP contribution in [-0.4, -0.2) is 9.13 Å². The first-order valence-electron chi connectivity index (χ1n) is 14.1. The van der Waals surface area contributed by atoms with Crippen molar-refractivity contribution in [3.63, 3.8) is 0 Å². The Bertz CT molecular complexity index is 2600. The fraction of sp³-hybridized carbons (Fsp3) is 0.0263. The van der Waals surface area contributed by atoms with Gasteiger partial charge < -0.3 is 9.13 Å². The lowest BCUT2D eigenvalue weighted by Gasteiger charge is -2.11. The summed E-state index contributed by atoms with van der Waals surface area (Å²) in [5, 5.41) is 17.3. The number of benzene rings is 6. The lowest BCUT2D eigenvalue weighted by Crippen LogP contribution is -1.97. The molecule has 3 aromatic heterocycles. The molecule has 9 aromatic rings. The van der Waals surface area contributed by atoms with Crippen molar-refractivity contribution in [3.8, 4) is 17.4 Å². The van der Waals surface area contributed by atoms with Crippen LogP contribution in [0, 0.1) is 18.3 Å². The molecule has 6 aromatic carbocycles. The molecule has 0 amide bonds. The van der Waals surface area contributed by atoms with Gasteiger partial charge in [-0.05, 0) is 73.7 Å². The largest absolute Gasteiger partial charge is 0.309 e. The van der Waals surface area contributed by atoms with Gasteiger partial charge in [-0.2, -0.15) is 5.26 Å². The lowest BCUT2D eigenvalue weighted by atomic mass is 10.1. The summed E-state index contributed by atoms with van der Waals surface area (Å²) in [6.07, 6.45) is 0. The van der Waals surface area contributed by atoms with Crippen molar-refractivity contribution in [3.05, 3.63) is 132 Å². The quantitative estimate of drug-likeness (QED) is 0.210. The number of aromatic nitrogens is 2. The molecule has 4 heteroatoms. The maximum Gasteiger partial charge on any atom is 0.101 e. The highest BCUT2D eigenvalue weighted by Gasteiger charge is 2.18. The Morgan fingerprint density at radius 1 is 0.524 bits per heavy atom. The van der Waals surface area contributed by atoms with E-state index in [0.717, 1.165) is 38.7 Å². The summed E-state index contributed by atoms with van der Waals surface area (Å²) in [4.78, 5) is 0. The average molecular weight is 554 g/mol. The van der Waals surface area contributed by atoms with E-state index in [-0.39, 0.29) is 0 Å². The highest BCUT2D eigenvalue weighted by molar-refractivity contribution is 7.25. The molecule has 0 atom stereocenters. The fourth-order valence-electron chi connectivity index (χ4n) is 6.77. The number of hydrogen-bond acceptors (Lipinski definition) is 2. The first-order valence-corrected chi connectivity index (χ1v) is 14.9. The van der Waals surface area contributed by atoms with Crippen molar-refractivity contribution in [1.29, 1.82) is 5.26 Å². The number of hydrogen-bond donors (Lipinski definition) is 0. The molecular weight excluding hydrogens is 531 g/mol. The highest BCUT2D eigenvalue weighted by atomic mass is 32.1. The van der Waals surface area contributed by atoms with Crippen LogP contribution in [0.4, 0.5) is 0 Å². The molecule has 3 heterocycles. The number of fused-ring (bicyclic) bond motifs is 9. The molecule has 0 aliphatic carbocycles. The summed E-state index contributed by atoms with van der Waals surface area (Å²) < 4.78 is 7.27. The summed E-state index contributed by atoms with van der Waals surface area (Å²) in [5.74, 6) is 0. The Kier molecular flexibility index (Phi) is 4.76. The van der Waals surface area contributed by atoms with E-state index in [1.54, 1.807) is 0 Å². The minimum absolute atomic E-state index is 0.678. The first kappa shape index (κ1) is 23.3. The molecule has 0 radical (unpaired) electrons. The van der Waals surface area contributed by atoms with Gasteiger partial charge in [-0.3, -0.25) is 0 Å². The van der Waals surface area contributed by atoms with Gasteiger partial charge in [0.15, 0.2) is 0 Å². The van der Waals surface area contributed by atoms with Crippen molar-refractivity contribution >= 4 is 75.1 Å². The van der Waals surface area contributed by atoms with Gasteiger partial charge in [-0.15, -0.1) is 11.3 Å². The van der Waals surface area contributed by atoms with Gasteiger partial charge in [0.05, 0.1) is 27.6 Å². The number of thiophene rings is 1. The van der Waals surface area contributed by atoms with Gasteiger partial charge in [0.25, 0.3) is 0 Å². The van der Waals surface area contributed by atoms with E-state index in [2.05, 4.69) is 131 Å². The highest BCUT2D eigenvalue weighted by Crippen LogP contribution is 2.40. The van der Waals surface area contributed by atoms with Gasteiger partial charge in [0, 0.05) is 53.1 Å². The molecule has 3 nitrogen and oxygen atoms in total.